The number of nitrogens with one attached hydrogen (secondary N) is 1. The molecule has 0 aliphatic rings. The summed E-state index contributed by atoms with van der Waals surface area (Å²) in [5.74, 6) is 0.405. The molecule has 0 spiro atoms. The number of benzene rings is 2. The van der Waals surface area contributed by atoms with Crippen LogP contribution in [0.15, 0.2) is 49.1 Å². The Balaban J connectivity index is 1.97. The highest BCUT2D eigenvalue weighted by molar-refractivity contribution is 6.31. The van der Waals surface area contributed by atoms with Crippen molar-refractivity contribution in [1.29, 1.82) is 0 Å². The molecule has 160 valence electrons. The number of allylic oxidation sites excluding steroid dienone is 1. The van der Waals surface area contributed by atoms with Gasteiger partial charge in [-0.25, -0.2) is 0 Å². The number of methoxy groups -OCH3 is 1. The molecule has 0 bridgehead atoms. The van der Waals surface area contributed by atoms with Crippen LogP contribution in [0.3, 0.4) is 0 Å². The fourth-order valence-corrected chi connectivity index (χ4v) is 3.00. The van der Waals surface area contributed by atoms with Crippen LogP contribution in [0.4, 0.5) is 5.69 Å². The Labute approximate surface area is 182 Å². The first-order chi connectivity index (χ1) is 14.4. The lowest BCUT2D eigenvalue weighted by Crippen LogP contribution is -2.40. The third-order valence-electron chi connectivity index (χ3n) is 4.50. The highest BCUT2D eigenvalue weighted by atomic mass is 35.5. The zero-order valence-electron chi connectivity index (χ0n) is 17.5. The van der Waals surface area contributed by atoms with Crippen LogP contribution in [0.5, 0.6) is 11.5 Å². The molecule has 0 atom stereocenters. The number of rotatable bonds is 10. The number of anilines is 1. The third-order valence-corrected chi connectivity index (χ3v) is 4.74. The molecule has 0 aliphatic carbocycles. The van der Waals surface area contributed by atoms with Crippen molar-refractivity contribution in [2.45, 2.75) is 20.3 Å². The number of aryl methyl sites for hydroxylation is 1. The molecule has 0 fully saturated rings. The lowest BCUT2D eigenvalue weighted by molar-refractivity contribution is -0.136. The number of ether oxygens (including phenoxy) is 2. The smallest absolute Gasteiger partial charge is 0.260 e. The molecule has 2 rings (SSSR count). The van der Waals surface area contributed by atoms with Gasteiger partial charge >= 0.3 is 0 Å². The van der Waals surface area contributed by atoms with Crippen molar-refractivity contribution < 1.29 is 19.1 Å². The molecule has 7 heteroatoms. The van der Waals surface area contributed by atoms with E-state index < -0.39 is 0 Å². The van der Waals surface area contributed by atoms with Crippen molar-refractivity contribution in [3.8, 4) is 11.5 Å². The molecule has 0 saturated heterocycles. The summed E-state index contributed by atoms with van der Waals surface area (Å²) in [6.07, 6.45) is 2.51. The van der Waals surface area contributed by atoms with E-state index >= 15 is 0 Å². The molecule has 0 saturated carbocycles. The van der Waals surface area contributed by atoms with E-state index in [-0.39, 0.29) is 25.0 Å². The second-order valence-electron chi connectivity index (χ2n) is 6.68. The van der Waals surface area contributed by atoms with Gasteiger partial charge in [0, 0.05) is 17.3 Å². The van der Waals surface area contributed by atoms with Crippen molar-refractivity contribution in [1.82, 2.24) is 4.90 Å². The van der Waals surface area contributed by atoms with Crippen molar-refractivity contribution in [2.24, 2.45) is 0 Å². The minimum atomic E-state index is -0.304. The highest BCUT2D eigenvalue weighted by Crippen LogP contribution is 2.28. The number of halogens is 1. The Bertz CT molecular complexity index is 914. The van der Waals surface area contributed by atoms with E-state index in [0.29, 0.717) is 35.2 Å². The number of amides is 2. The summed E-state index contributed by atoms with van der Waals surface area (Å²) < 4.78 is 11.0. The SMILES string of the molecule is C=CCc1ccc(OCC(=O)N(CC)CC(=O)Nc2cc(Cl)ccc2C)c(OC)c1. The van der Waals surface area contributed by atoms with E-state index in [1.54, 1.807) is 38.3 Å². The highest BCUT2D eigenvalue weighted by Gasteiger charge is 2.18. The first-order valence-corrected chi connectivity index (χ1v) is 10.00. The van der Waals surface area contributed by atoms with Crippen LogP contribution < -0.4 is 14.8 Å². The molecule has 0 radical (unpaired) electrons. The van der Waals surface area contributed by atoms with E-state index in [1.165, 1.54) is 4.90 Å². The molecular formula is C23H27ClN2O4. The van der Waals surface area contributed by atoms with Crippen LogP contribution >= 0.6 is 11.6 Å². The van der Waals surface area contributed by atoms with E-state index in [9.17, 15) is 9.59 Å². The maximum Gasteiger partial charge on any atom is 0.260 e. The minimum absolute atomic E-state index is 0.0833. The van der Waals surface area contributed by atoms with Crippen LogP contribution in [-0.2, 0) is 16.0 Å². The van der Waals surface area contributed by atoms with Crippen LogP contribution in [0.25, 0.3) is 0 Å². The molecule has 2 aromatic carbocycles. The predicted molar refractivity (Wildman–Crippen MR) is 119 cm³/mol. The van der Waals surface area contributed by atoms with E-state index in [1.807, 2.05) is 25.1 Å². The van der Waals surface area contributed by atoms with Gasteiger partial charge in [-0.3, -0.25) is 9.59 Å². The largest absolute Gasteiger partial charge is 0.493 e. The molecule has 0 heterocycles. The molecule has 6 nitrogen and oxygen atoms in total. The van der Waals surface area contributed by atoms with Gasteiger partial charge in [0.2, 0.25) is 5.91 Å². The predicted octanol–water partition coefficient (Wildman–Crippen LogP) is 4.25. The maximum absolute atomic E-state index is 12.6. The third kappa shape index (κ3) is 6.52. The second-order valence-corrected chi connectivity index (χ2v) is 7.12. The van der Waals surface area contributed by atoms with Gasteiger partial charge in [-0.05, 0) is 55.7 Å². The molecule has 0 aromatic heterocycles. The zero-order valence-corrected chi connectivity index (χ0v) is 18.3. The van der Waals surface area contributed by atoms with Gasteiger partial charge in [-0.2, -0.15) is 0 Å². The Morgan fingerprint density at radius 3 is 2.63 bits per heavy atom. The average molecular weight is 431 g/mol. The lowest BCUT2D eigenvalue weighted by atomic mass is 10.1. The number of likely N-dealkylation sites (N-methyl/N-ethyl adjacent to an activating group) is 1. The van der Waals surface area contributed by atoms with Gasteiger partial charge in [-0.15, -0.1) is 6.58 Å². The lowest BCUT2D eigenvalue weighted by Gasteiger charge is -2.21. The van der Waals surface area contributed by atoms with Gasteiger partial charge in [0.25, 0.3) is 5.91 Å². The molecule has 1 N–H and O–H groups in total. The number of nitrogens with zero attached hydrogens (tertiary/aromatic N) is 1. The average Bonchev–Trinajstić information content (AvgIpc) is 2.73. The van der Waals surface area contributed by atoms with E-state index in [2.05, 4.69) is 11.9 Å². The quantitative estimate of drug-likeness (QED) is 0.572. The van der Waals surface area contributed by atoms with E-state index in [0.717, 1.165) is 11.1 Å². The first kappa shape index (κ1) is 23.3. The van der Waals surface area contributed by atoms with Gasteiger partial charge in [0.05, 0.1) is 13.7 Å². The van der Waals surface area contributed by atoms with Crippen LogP contribution in [0.2, 0.25) is 5.02 Å². The number of hydrogen-bond donors (Lipinski definition) is 1. The summed E-state index contributed by atoms with van der Waals surface area (Å²) in [4.78, 5) is 26.4. The van der Waals surface area contributed by atoms with Crippen molar-refractivity contribution >= 4 is 29.1 Å². The zero-order chi connectivity index (χ0) is 22.1. The molecule has 2 amide bonds. The summed E-state index contributed by atoms with van der Waals surface area (Å²) in [5.41, 5.74) is 2.54. The van der Waals surface area contributed by atoms with E-state index in [4.69, 9.17) is 21.1 Å². The van der Waals surface area contributed by atoms with Crippen molar-refractivity contribution in [3.05, 3.63) is 65.2 Å². The number of hydrogen-bond acceptors (Lipinski definition) is 4. The number of carbonyl (C=O) groups excluding carboxylic acids is 2. The summed E-state index contributed by atoms with van der Waals surface area (Å²) in [6, 6.07) is 10.8. The Morgan fingerprint density at radius 2 is 1.97 bits per heavy atom. The Kier molecular flexibility index (Phi) is 8.74. The molecular weight excluding hydrogens is 404 g/mol. The Hall–Kier alpha value is -2.99. The molecule has 0 unspecified atom stereocenters. The monoisotopic (exact) mass is 430 g/mol. The maximum atomic E-state index is 12.6. The number of carbonyl (C=O) groups is 2. The van der Waals surface area contributed by atoms with Crippen LogP contribution in [-0.4, -0.2) is 43.5 Å². The Morgan fingerprint density at radius 1 is 1.20 bits per heavy atom. The van der Waals surface area contributed by atoms with Crippen molar-refractivity contribution in [3.63, 3.8) is 0 Å². The summed E-state index contributed by atoms with van der Waals surface area (Å²) in [6.45, 7) is 7.49. The molecule has 0 aliphatic heterocycles. The normalized spacial score (nSPS) is 10.3. The summed E-state index contributed by atoms with van der Waals surface area (Å²) >= 11 is 5.99. The van der Waals surface area contributed by atoms with Gasteiger partial charge in [0.1, 0.15) is 0 Å². The minimum Gasteiger partial charge on any atom is -0.493 e. The summed E-state index contributed by atoms with van der Waals surface area (Å²) in [5, 5.41) is 3.32. The summed E-state index contributed by atoms with van der Waals surface area (Å²) in [7, 11) is 1.54. The van der Waals surface area contributed by atoms with Gasteiger partial charge in [-0.1, -0.05) is 29.8 Å². The topological polar surface area (TPSA) is 67.9 Å². The second kappa shape index (κ2) is 11.3. The van der Waals surface area contributed by atoms with Gasteiger partial charge in [0.15, 0.2) is 18.1 Å². The van der Waals surface area contributed by atoms with Gasteiger partial charge < -0.3 is 19.7 Å². The fourth-order valence-electron chi connectivity index (χ4n) is 2.82. The van der Waals surface area contributed by atoms with Crippen LogP contribution in [0.1, 0.15) is 18.1 Å². The standard InChI is InChI=1S/C23H27ClN2O4/c1-5-7-17-9-11-20(21(12-17)29-4)30-15-23(28)26(6-2)14-22(27)25-19-13-18(24)10-8-16(19)3/h5,8-13H,1,6-7,14-15H2,2-4H3,(H,25,27). The van der Waals surface area contributed by atoms with Crippen molar-refractivity contribution in [2.75, 3.05) is 32.1 Å². The molecule has 30 heavy (non-hydrogen) atoms. The molecule has 2 aromatic rings. The first-order valence-electron chi connectivity index (χ1n) is 9.62. The fraction of sp³-hybridized carbons (Fsp3) is 0.304. The van der Waals surface area contributed by atoms with Crippen LogP contribution in [0, 0.1) is 6.92 Å².